The predicted octanol–water partition coefficient (Wildman–Crippen LogP) is 3.07. The molecule has 1 aromatic carbocycles. The van der Waals surface area contributed by atoms with E-state index in [1.165, 1.54) is 0 Å². The number of aromatic nitrogens is 4. The number of nitrogens with two attached hydrogens (primary N) is 1. The van der Waals surface area contributed by atoms with E-state index in [1.54, 1.807) is 6.33 Å². The fourth-order valence-corrected chi connectivity index (χ4v) is 3.19. The lowest BCUT2D eigenvalue weighted by atomic mass is 10.3. The number of nitrogens with one attached hydrogen (secondary N) is 1. The van der Waals surface area contributed by atoms with Gasteiger partial charge in [-0.05, 0) is 31.0 Å². The number of fused-ring (bicyclic) bond motifs is 1. The minimum Gasteiger partial charge on any atom is -0.399 e. The molecule has 0 radical (unpaired) electrons. The Morgan fingerprint density at radius 2 is 2.26 bits per heavy atom. The lowest BCUT2D eigenvalue weighted by Gasteiger charge is -2.12. The van der Waals surface area contributed by atoms with Gasteiger partial charge >= 0.3 is 0 Å². The van der Waals surface area contributed by atoms with E-state index in [0.29, 0.717) is 15.3 Å². The van der Waals surface area contributed by atoms with Crippen LogP contribution in [-0.2, 0) is 4.74 Å². The fourth-order valence-electron chi connectivity index (χ4n) is 2.72. The molecule has 23 heavy (non-hydrogen) atoms. The number of anilines is 3. The van der Waals surface area contributed by atoms with E-state index in [-0.39, 0.29) is 6.23 Å². The molecule has 0 spiro atoms. The van der Waals surface area contributed by atoms with Gasteiger partial charge in [0.1, 0.15) is 6.23 Å². The van der Waals surface area contributed by atoms with Crippen LogP contribution in [0.3, 0.4) is 0 Å². The van der Waals surface area contributed by atoms with Crippen molar-refractivity contribution in [2.75, 3.05) is 17.7 Å². The summed E-state index contributed by atoms with van der Waals surface area (Å²) in [7, 11) is 0. The summed E-state index contributed by atoms with van der Waals surface area (Å²) in [6.07, 6.45) is 3.81. The Hall–Kier alpha value is -1.94. The van der Waals surface area contributed by atoms with Gasteiger partial charge in [0, 0.05) is 40.6 Å². The smallest absolute Gasteiger partial charge is 0.194 e. The summed E-state index contributed by atoms with van der Waals surface area (Å²) in [5, 5.41) is 3.28. The molecule has 118 valence electrons. The molecule has 0 saturated carbocycles. The molecule has 0 aliphatic carbocycles. The summed E-state index contributed by atoms with van der Waals surface area (Å²) in [6.45, 7) is 0.779. The summed E-state index contributed by atoms with van der Waals surface area (Å²) in [5.74, 6) is 0.668. The van der Waals surface area contributed by atoms with E-state index in [9.17, 15) is 0 Å². The van der Waals surface area contributed by atoms with Gasteiger partial charge in [-0.25, -0.2) is 15.0 Å². The fraction of sp³-hybridized carbons (Fsp3) is 0.267. The SMILES string of the molecule is Nc1cccc(Nc2nc(I)nc3c2ncn3C2CCCO2)c1. The first-order chi connectivity index (χ1) is 11.2. The third-order valence-electron chi connectivity index (χ3n) is 3.76. The molecule has 1 aliphatic rings. The number of imidazole rings is 1. The summed E-state index contributed by atoms with van der Waals surface area (Å²) >= 11 is 2.11. The van der Waals surface area contributed by atoms with Crippen LogP contribution in [0.25, 0.3) is 11.2 Å². The van der Waals surface area contributed by atoms with Crippen LogP contribution in [-0.4, -0.2) is 26.1 Å². The standard InChI is InChI=1S/C15H15IN6O/c16-15-20-13(19-10-4-1-3-9(17)7-10)12-14(21-15)22(8-18-12)11-5-2-6-23-11/h1,3-4,7-8,11H,2,5-6,17H2,(H,19,20,21). The molecule has 1 atom stereocenters. The maximum atomic E-state index is 5.83. The van der Waals surface area contributed by atoms with Gasteiger partial charge in [-0.15, -0.1) is 0 Å². The minimum atomic E-state index is 0.00548. The Labute approximate surface area is 146 Å². The third-order valence-corrected chi connectivity index (χ3v) is 4.24. The van der Waals surface area contributed by atoms with Crippen LogP contribution < -0.4 is 11.1 Å². The Morgan fingerprint density at radius 1 is 1.35 bits per heavy atom. The van der Waals surface area contributed by atoms with E-state index in [2.05, 4.69) is 42.9 Å². The van der Waals surface area contributed by atoms with Crippen molar-refractivity contribution in [3.63, 3.8) is 0 Å². The quantitative estimate of drug-likeness (QED) is 0.383. The van der Waals surface area contributed by atoms with Gasteiger partial charge in [-0.1, -0.05) is 6.07 Å². The molecule has 2 aromatic heterocycles. The highest BCUT2D eigenvalue weighted by atomic mass is 127. The second-order valence-electron chi connectivity index (χ2n) is 5.38. The van der Waals surface area contributed by atoms with Crippen molar-refractivity contribution in [3.05, 3.63) is 34.4 Å². The molecule has 1 unspecified atom stereocenters. The molecule has 0 bridgehead atoms. The van der Waals surface area contributed by atoms with Crippen molar-refractivity contribution in [3.8, 4) is 0 Å². The van der Waals surface area contributed by atoms with Gasteiger partial charge in [-0.2, -0.15) is 0 Å². The van der Waals surface area contributed by atoms with E-state index in [1.807, 2.05) is 28.8 Å². The van der Waals surface area contributed by atoms with Gasteiger partial charge in [0.2, 0.25) is 0 Å². The van der Waals surface area contributed by atoms with Crippen molar-refractivity contribution in [2.24, 2.45) is 0 Å². The van der Waals surface area contributed by atoms with Crippen LogP contribution in [0, 0.1) is 3.83 Å². The summed E-state index contributed by atoms with van der Waals surface area (Å²) in [6, 6.07) is 7.54. The molecule has 4 rings (SSSR count). The zero-order chi connectivity index (χ0) is 15.8. The first kappa shape index (κ1) is 14.6. The number of hydrogen-bond donors (Lipinski definition) is 2. The molecular formula is C15H15IN6O. The van der Waals surface area contributed by atoms with E-state index in [0.717, 1.165) is 36.3 Å². The molecule has 7 nitrogen and oxygen atoms in total. The monoisotopic (exact) mass is 422 g/mol. The lowest BCUT2D eigenvalue weighted by molar-refractivity contribution is 0.0592. The molecule has 3 heterocycles. The van der Waals surface area contributed by atoms with Crippen molar-refractivity contribution in [2.45, 2.75) is 19.1 Å². The first-order valence-electron chi connectivity index (χ1n) is 7.35. The first-order valence-corrected chi connectivity index (χ1v) is 8.43. The topological polar surface area (TPSA) is 90.9 Å². The third kappa shape index (κ3) is 2.83. The van der Waals surface area contributed by atoms with Gasteiger partial charge in [0.25, 0.3) is 0 Å². The predicted molar refractivity (Wildman–Crippen MR) is 96.4 cm³/mol. The zero-order valence-corrected chi connectivity index (χ0v) is 14.4. The van der Waals surface area contributed by atoms with Crippen molar-refractivity contribution >= 4 is 50.9 Å². The largest absolute Gasteiger partial charge is 0.399 e. The van der Waals surface area contributed by atoms with Gasteiger partial charge < -0.3 is 15.8 Å². The lowest BCUT2D eigenvalue weighted by Crippen LogP contribution is -2.08. The number of hydrogen-bond acceptors (Lipinski definition) is 6. The highest BCUT2D eigenvalue weighted by Crippen LogP contribution is 2.29. The minimum absolute atomic E-state index is 0.00548. The Kier molecular flexibility index (Phi) is 3.77. The molecule has 3 N–H and O–H groups in total. The summed E-state index contributed by atoms with van der Waals surface area (Å²) in [4.78, 5) is 13.5. The zero-order valence-electron chi connectivity index (χ0n) is 12.2. The maximum absolute atomic E-state index is 5.83. The van der Waals surface area contributed by atoms with Crippen LogP contribution in [0.15, 0.2) is 30.6 Å². The van der Waals surface area contributed by atoms with Crippen LogP contribution in [0.5, 0.6) is 0 Å². The second kappa shape index (κ2) is 5.93. The molecule has 1 aliphatic heterocycles. The molecule has 3 aromatic rings. The van der Waals surface area contributed by atoms with Crippen LogP contribution in [0.4, 0.5) is 17.2 Å². The Balaban J connectivity index is 1.77. The molecule has 8 heteroatoms. The number of nitrogens with zero attached hydrogens (tertiary/aromatic N) is 4. The Bertz CT molecular complexity index is 858. The molecule has 0 amide bonds. The van der Waals surface area contributed by atoms with Crippen molar-refractivity contribution < 1.29 is 4.74 Å². The number of nitrogen functional groups attached to an aromatic ring is 1. The highest BCUT2D eigenvalue weighted by Gasteiger charge is 2.22. The molecule has 1 saturated heterocycles. The number of ether oxygens (including phenoxy) is 1. The maximum Gasteiger partial charge on any atom is 0.194 e. The summed E-state index contributed by atoms with van der Waals surface area (Å²) < 4.78 is 8.38. The van der Waals surface area contributed by atoms with Crippen LogP contribution in [0.1, 0.15) is 19.1 Å². The Morgan fingerprint density at radius 3 is 3.04 bits per heavy atom. The molecule has 1 fully saturated rings. The second-order valence-corrected chi connectivity index (χ2v) is 6.35. The van der Waals surface area contributed by atoms with Gasteiger partial charge in [-0.3, -0.25) is 4.57 Å². The van der Waals surface area contributed by atoms with Crippen molar-refractivity contribution in [1.29, 1.82) is 0 Å². The van der Waals surface area contributed by atoms with E-state index < -0.39 is 0 Å². The average Bonchev–Trinajstić information content (AvgIpc) is 3.15. The molecular weight excluding hydrogens is 407 g/mol. The van der Waals surface area contributed by atoms with Crippen molar-refractivity contribution in [1.82, 2.24) is 19.5 Å². The van der Waals surface area contributed by atoms with E-state index >= 15 is 0 Å². The highest BCUT2D eigenvalue weighted by molar-refractivity contribution is 14.1. The van der Waals surface area contributed by atoms with Gasteiger partial charge in [0.05, 0.1) is 6.33 Å². The number of benzene rings is 1. The average molecular weight is 422 g/mol. The summed E-state index contributed by atoms with van der Waals surface area (Å²) in [5.41, 5.74) is 8.90. The van der Waals surface area contributed by atoms with Crippen LogP contribution in [0.2, 0.25) is 0 Å². The number of rotatable bonds is 3. The van der Waals surface area contributed by atoms with Gasteiger partial charge in [0.15, 0.2) is 20.8 Å². The number of halogens is 1. The van der Waals surface area contributed by atoms with E-state index in [4.69, 9.17) is 10.5 Å². The van der Waals surface area contributed by atoms with Crippen LogP contribution >= 0.6 is 22.6 Å². The normalized spacial score (nSPS) is 17.7.